The Bertz CT molecular complexity index is 416. The molecule has 2 aliphatic heterocycles. The Labute approximate surface area is 121 Å². The van der Waals surface area contributed by atoms with Gasteiger partial charge in [0.1, 0.15) is 0 Å². The molecule has 0 radical (unpaired) electrons. The highest BCUT2D eigenvalue weighted by molar-refractivity contribution is 7.10. The summed E-state index contributed by atoms with van der Waals surface area (Å²) in [6, 6.07) is 5.19. The van der Waals surface area contributed by atoms with E-state index in [4.69, 9.17) is 0 Å². The van der Waals surface area contributed by atoms with Gasteiger partial charge in [-0.25, -0.2) is 0 Å². The average Bonchev–Trinajstić information content (AvgIpc) is 2.96. The highest BCUT2D eigenvalue weighted by Crippen LogP contribution is 2.35. The molecule has 3 heteroatoms. The first-order valence-electron chi connectivity index (χ1n) is 7.74. The summed E-state index contributed by atoms with van der Waals surface area (Å²) in [5.41, 5.74) is 1.47. The van der Waals surface area contributed by atoms with Crippen LogP contribution in [0.3, 0.4) is 0 Å². The van der Waals surface area contributed by atoms with Crippen molar-refractivity contribution in [2.75, 3.05) is 6.54 Å². The summed E-state index contributed by atoms with van der Waals surface area (Å²) < 4.78 is 0. The van der Waals surface area contributed by atoms with E-state index in [0.717, 1.165) is 18.1 Å². The van der Waals surface area contributed by atoms with Crippen LogP contribution in [0.5, 0.6) is 0 Å². The minimum Gasteiger partial charge on any atom is -0.311 e. The molecule has 3 unspecified atom stereocenters. The van der Waals surface area contributed by atoms with E-state index in [0.29, 0.717) is 6.04 Å². The van der Waals surface area contributed by atoms with Gasteiger partial charge in [-0.1, -0.05) is 6.92 Å². The molecule has 2 bridgehead atoms. The van der Waals surface area contributed by atoms with E-state index in [1.807, 2.05) is 11.3 Å². The van der Waals surface area contributed by atoms with Crippen molar-refractivity contribution in [1.82, 2.24) is 10.2 Å². The number of rotatable bonds is 4. The first-order chi connectivity index (χ1) is 9.19. The Hall–Kier alpha value is -0.380. The van der Waals surface area contributed by atoms with Crippen LogP contribution < -0.4 is 5.32 Å². The number of piperidine rings is 1. The minimum absolute atomic E-state index is 0.576. The van der Waals surface area contributed by atoms with Crippen LogP contribution in [0.25, 0.3) is 0 Å². The SMILES string of the molecule is CCN(C1CC2CCC(C1)N2)C(C)c1sccc1C. The summed E-state index contributed by atoms with van der Waals surface area (Å²) in [5.74, 6) is 0. The smallest absolute Gasteiger partial charge is 0.0418 e. The molecule has 1 aromatic rings. The van der Waals surface area contributed by atoms with E-state index in [-0.39, 0.29) is 0 Å². The number of fused-ring (bicyclic) bond motifs is 2. The van der Waals surface area contributed by atoms with Crippen LogP contribution in [0.2, 0.25) is 0 Å². The van der Waals surface area contributed by atoms with Gasteiger partial charge in [0.2, 0.25) is 0 Å². The molecule has 3 rings (SSSR count). The molecule has 1 aromatic heterocycles. The fraction of sp³-hybridized carbons (Fsp3) is 0.750. The fourth-order valence-corrected chi connectivity index (χ4v) is 5.11. The molecular weight excluding hydrogens is 252 g/mol. The van der Waals surface area contributed by atoms with Crippen molar-refractivity contribution in [3.63, 3.8) is 0 Å². The van der Waals surface area contributed by atoms with Crippen molar-refractivity contribution in [2.24, 2.45) is 0 Å². The summed E-state index contributed by atoms with van der Waals surface area (Å²) in [6.07, 6.45) is 5.48. The van der Waals surface area contributed by atoms with Gasteiger partial charge in [0.15, 0.2) is 0 Å². The van der Waals surface area contributed by atoms with Gasteiger partial charge >= 0.3 is 0 Å². The largest absolute Gasteiger partial charge is 0.311 e. The van der Waals surface area contributed by atoms with Crippen molar-refractivity contribution >= 4 is 11.3 Å². The van der Waals surface area contributed by atoms with Crippen molar-refractivity contribution in [2.45, 2.75) is 70.6 Å². The second kappa shape index (κ2) is 5.55. The molecule has 106 valence electrons. The maximum Gasteiger partial charge on any atom is 0.0418 e. The fourth-order valence-electron chi connectivity index (χ4n) is 4.11. The molecule has 0 aliphatic carbocycles. The van der Waals surface area contributed by atoms with Gasteiger partial charge in [-0.3, -0.25) is 4.90 Å². The number of aryl methyl sites for hydroxylation is 1. The normalized spacial score (nSPS) is 31.9. The molecule has 0 aromatic carbocycles. The Balaban J connectivity index is 1.75. The summed E-state index contributed by atoms with van der Waals surface area (Å²) in [5, 5.41) is 6.00. The van der Waals surface area contributed by atoms with Crippen LogP contribution in [0, 0.1) is 6.92 Å². The second-order valence-electron chi connectivity index (χ2n) is 6.24. The number of nitrogens with zero attached hydrogens (tertiary/aromatic N) is 1. The van der Waals surface area contributed by atoms with E-state index in [2.05, 4.69) is 42.4 Å². The predicted octanol–water partition coefficient (Wildman–Crippen LogP) is 3.72. The van der Waals surface area contributed by atoms with Crippen LogP contribution in [-0.4, -0.2) is 29.6 Å². The van der Waals surface area contributed by atoms with Gasteiger partial charge in [0.05, 0.1) is 0 Å². The van der Waals surface area contributed by atoms with E-state index in [1.165, 1.54) is 37.8 Å². The summed E-state index contributed by atoms with van der Waals surface area (Å²) in [6.45, 7) is 8.14. The third-order valence-electron chi connectivity index (χ3n) is 5.06. The predicted molar refractivity (Wildman–Crippen MR) is 82.8 cm³/mol. The Morgan fingerprint density at radius 1 is 1.37 bits per heavy atom. The molecule has 3 heterocycles. The van der Waals surface area contributed by atoms with E-state index < -0.39 is 0 Å². The van der Waals surface area contributed by atoms with Gasteiger partial charge in [0, 0.05) is 29.0 Å². The Morgan fingerprint density at radius 2 is 2.05 bits per heavy atom. The zero-order valence-electron chi connectivity index (χ0n) is 12.4. The second-order valence-corrected chi connectivity index (χ2v) is 7.19. The first kappa shape index (κ1) is 13.6. The maximum absolute atomic E-state index is 3.76. The molecule has 2 aliphatic rings. The van der Waals surface area contributed by atoms with Gasteiger partial charge in [-0.15, -0.1) is 11.3 Å². The molecule has 2 saturated heterocycles. The molecule has 0 amide bonds. The summed E-state index contributed by atoms with van der Waals surface area (Å²) in [7, 11) is 0. The maximum atomic E-state index is 3.76. The van der Waals surface area contributed by atoms with E-state index in [9.17, 15) is 0 Å². The molecule has 19 heavy (non-hydrogen) atoms. The molecule has 0 saturated carbocycles. The quantitative estimate of drug-likeness (QED) is 0.903. The zero-order chi connectivity index (χ0) is 13.4. The molecular formula is C16H26N2S. The third kappa shape index (κ3) is 2.61. The van der Waals surface area contributed by atoms with Crippen molar-refractivity contribution < 1.29 is 0 Å². The highest BCUT2D eigenvalue weighted by Gasteiger charge is 2.37. The minimum atomic E-state index is 0.576. The lowest BCUT2D eigenvalue weighted by molar-refractivity contribution is 0.109. The molecule has 1 N–H and O–H groups in total. The Morgan fingerprint density at radius 3 is 2.58 bits per heavy atom. The number of hydrogen-bond donors (Lipinski definition) is 1. The molecule has 0 spiro atoms. The Kier molecular flexibility index (Phi) is 3.97. The van der Waals surface area contributed by atoms with Crippen molar-refractivity contribution in [1.29, 1.82) is 0 Å². The molecule has 3 atom stereocenters. The molecule has 2 nitrogen and oxygen atoms in total. The third-order valence-corrected chi connectivity index (χ3v) is 6.25. The molecule has 2 fully saturated rings. The summed E-state index contributed by atoms with van der Waals surface area (Å²) in [4.78, 5) is 4.30. The van der Waals surface area contributed by atoms with Crippen LogP contribution >= 0.6 is 11.3 Å². The average molecular weight is 278 g/mol. The van der Waals surface area contributed by atoms with Crippen molar-refractivity contribution in [3.05, 3.63) is 21.9 Å². The highest BCUT2D eigenvalue weighted by atomic mass is 32.1. The van der Waals surface area contributed by atoms with Crippen LogP contribution in [-0.2, 0) is 0 Å². The van der Waals surface area contributed by atoms with Crippen LogP contribution in [0.4, 0.5) is 0 Å². The van der Waals surface area contributed by atoms with Gasteiger partial charge in [-0.05, 0) is 63.1 Å². The number of thiophene rings is 1. The number of nitrogens with one attached hydrogen (secondary N) is 1. The monoisotopic (exact) mass is 278 g/mol. The lowest BCUT2D eigenvalue weighted by atomic mass is 9.96. The van der Waals surface area contributed by atoms with Gasteiger partial charge in [0.25, 0.3) is 0 Å². The lowest BCUT2D eigenvalue weighted by Gasteiger charge is -2.40. The topological polar surface area (TPSA) is 15.3 Å². The van der Waals surface area contributed by atoms with Crippen LogP contribution in [0.1, 0.15) is 56.0 Å². The lowest BCUT2D eigenvalue weighted by Crippen LogP contribution is -2.48. The zero-order valence-corrected chi connectivity index (χ0v) is 13.2. The van der Waals surface area contributed by atoms with Crippen molar-refractivity contribution in [3.8, 4) is 0 Å². The van der Waals surface area contributed by atoms with Gasteiger partial charge in [-0.2, -0.15) is 0 Å². The van der Waals surface area contributed by atoms with Crippen LogP contribution in [0.15, 0.2) is 11.4 Å². The standard InChI is InChI=1S/C16H26N2S/c1-4-18(12(3)16-11(2)7-8-19-16)15-9-13-5-6-14(10-15)17-13/h7-8,12-15,17H,4-6,9-10H2,1-3H3. The van der Waals surface area contributed by atoms with E-state index >= 15 is 0 Å². The van der Waals surface area contributed by atoms with E-state index in [1.54, 1.807) is 4.88 Å². The van der Waals surface area contributed by atoms with Gasteiger partial charge < -0.3 is 5.32 Å². The number of hydrogen-bond acceptors (Lipinski definition) is 3. The summed E-state index contributed by atoms with van der Waals surface area (Å²) >= 11 is 1.93. The first-order valence-corrected chi connectivity index (χ1v) is 8.62.